The van der Waals surface area contributed by atoms with Crippen molar-refractivity contribution >= 4 is 11.8 Å². The van der Waals surface area contributed by atoms with Crippen molar-refractivity contribution in [2.45, 2.75) is 18.9 Å². The average molecular weight is 192 g/mol. The smallest absolute Gasteiger partial charge is 0.274 e. The number of carboxylic acid groups (broad SMARTS) is 1. The number of anilines is 1. The van der Waals surface area contributed by atoms with Crippen LogP contribution in [0.25, 0.3) is 0 Å². The fraction of sp³-hybridized carbons (Fsp3) is 0.400. The third kappa shape index (κ3) is 1.55. The summed E-state index contributed by atoms with van der Waals surface area (Å²) in [6.07, 6.45) is 3.37. The van der Waals surface area contributed by atoms with Crippen molar-refractivity contribution in [3.63, 3.8) is 0 Å². The number of carbonyl (C=O) groups is 1. The van der Waals surface area contributed by atoms with Gasteiger partial charge in [-0.25, -0.2) is 4.98 Å². The summed E-state index contributed by atoms with van der Waals surface area (Å²) in [5.74, 6) is -0.140. The molecule has 1 atom stereocenters. The van der Waals surface area contributed by atoms with Crippen LogP contribution in [0.3, 0.4) is 0 Å². The molecular formula is C10H12N2O2. The summed E-state index contributed by atoms with van der Waals surface area (Å²) in [6, 6.07) is 5.15. The Labute approximate surface area is 82.2 Å². The van der Waals surface area contributed by atoms with Crippen LogP contribution in [0.4, 0.5) is 5.82 Å². The van der Waals surface area contributed by atoms with Crippen LogP contribution in [0.5, 0.6) is 0 Å². The van der Waals surface area contributed by atoms with E-state index in [2.05, 4.69) is 4.98 Å². The van der Waals surface area contributed by atoms with Crippen molar-refractivity contribution in [1.29, 1.82) is 0 Å². The van der Waals surface area contributed by atoms with Gasteiger partial charge in [0.25, 0.3) is 5.82 Å². The summed E-state index contributed by atoms with van der Waals surface area (Å²) in [5.41, 5.74) is 0. The first-order valence-electron chi connectivity index (χ1n) is 4.73. The molecular weight excluding hydrogens is 180 g/mol. The van der Waals surface area contributed by atoms with Crippen molar-refractivity contribution < 1.29 is 14.9 Å². The van der Waals surface area contributed by atoms with E-state index >= 15 is 0 Å². The van der Waals surface area contributed by atoms with Gasteiger partial charge in [0.15, 0.2) is 0 Å². The minimum absolute atomic E-state index is 0.478. The van der Waals surface area contributed by atoms with Gasteiger partial charge < -0.3 is 9.90 Å². The van der Waals surface area contributed by atoms with E-state index in [0.717, 1.165) is 18.8 Å². The Morgan fingerprint density at radius 2 is 2.43 bits per heavy atom. The van der Waals surface area contributed by atoms with Gasteiger partial charge in [0.2, 0.25) is 0 Å². The van der Waals surface area contributed by atoms with E-state index in [0.29, 0.717) is 6.42 Å². The van der Waals surface area contributed by atoms with E-state index in [4.69, 9.17) is 0 Å². The number of aromatic amines is 1. The van der Waals surface area contributed by atoms with E-state index < -0.39 is 12.0 Å². The van der Waals surface area contributed by atoms with Gasteiger partial charge >= 0.3 is 0 Å². The number of hydrogen-bond acceptors (Lipinski definition) is 3. The largest absolute Gasteiger partial charge is 0.546 e. The van der Waals surface area contributed by atoms with Gasteiger partial charge in [-0.15, -0.1) is 0 Å². The maximum absolute atomic E-state index is 10.8. The molecule has 1 N–H and O–H groups in total. The van der Waals surface area contributed by atoms with E-state index in [1.165, 1.54) is 0 Å². The third-order valence-corrected chi connectivity index (χ3v) is 2.53. The van der Waals surface area contributed by atoms with Gasteiger partial charge in [0.05, 0.1) is 18.7 Å². The lowest BCUT2D eigenvalue weighted by atomic mass is 10.2. The Morgan fingerprint density at radius 3 is 3.07 bits per heavy atom. The van der Waals surface area contributed by atoms with Gasteiger partial charge in [0, 0.05) is 6.07 Å². The van der Waals surface area contributed by atoms with E-state index in [1.807, 2.05) is 23.1 Å². The molecule has 2 rings (SSSR count). The summed E-state index contributed by atoms with van der Waals surface area (Å²) in [5, 5.41) is 10.8. The molecule has 0 unspecified atom stereocenters. The van der Waals surface area contributed by atoms with E-state index in [-0.39, 0.29) is 0 Å². The summed E-state index contributed by atoms with van der Waals surface area (Å²) in [7, 11) is 0. The number of pyridine rings is 1. The predicted molar refractivity (Wildman–Crippen MR) is 48.4 cm³/mol. The lowest BCUT2D eigenvalue weighted by Gasteiger charge is -2.19. The molecule has 1 aromatic rings. The van der Waals surface area contributed by atoms with Crippen LogP contribution in [0.1, 0.15) is 12.8 Å². The number of aliphatic carboxylic acids is 1. The molecule has 4 nitrogen and oxygen atoms in total. The molecule has 0 saturated carbocycles. The lowest BCUT2D eigenvalue weighted by molar-refractivity contribution is -0.365. The Bertz CT molecular complexity index is 326. The zero-order valence-corrected chi connectivity index (χ0v) is 7.77. The molecule has 2 heterocycles. The number of carboxylic acids is 1. The fourth-order valence-corrected chi connectivity index (χ4v) is 1.86. The SMILES string of the molecule is O=C([O-])[C@@H]1CCCN1c1cccc[nH+]1. The van der Waals surface area contributed by atoms with Crippen molar-refractivity contribution in [3.8, 4) is 0 Å². The number of carbonyl (C=O) groups excluding carboxylic acids is 1. The first kappa shape index (κ1) is 8.99. The van der Waals surface area contributed by atoms with E-state index in [1.54, 1.807) is 6.20 Å². The monoisotopic (exact) mass is 192 g/mol. The molecule has 1 saturated heterocycles. The van der Waals surface area contributed by atoms with E-state index in [9.17, 15) is 9.90 Å². The second kappa shape index (κ2) is 3.65. The molecule has 0 radical (unpaired) electrons. The van der Waals surface area contributed by atoms with Gasteiger partial charge in [-0.1, -0.05) is 6.07 Å². The molecule has 1 fully saturated rings. The fourth-order valence-electron chi connectivity index (χ4n) is 1.86. The van der Waals surface area contributed by atoms with Crippen LogP contribution >= 0.6 is 0 Å². The number of rotatable bonds is 2. The molecule has 0 bridgehead atoms. The van der Waals surface area contributed by atoms with Crippen LogP contribution < -0.4 is 15.0 Å². The summed E-state index contributed by atoms with van der Waals surface area (Å²) in [4.78, 5) is 15.7. The predicted octanol–water partition coefficient (Wildman–Crippen LogP) is -0.781. The first-order valence-corrected chi connectivity index (χ1v) is 4.73. The molecule has 0 amide bonds. The van der Waals surface area contributed by atoms with Crippen LogP contribution in [0.2, 0.25) is 0 Å². The van der Waals surface area contributed by atoms with Crippen molar-refractivity contribution in [3.05, 3.63) is 24.4 Å². The Morgan fingerprint density at radius 1 is 1.57 bits per heavy atom. The van der Waals surface area contributed by atoms with Gasteiger partial charge in [0.1, 0.15) is 6.04 Å². The molecule has 0 spiro atoms. The van der Waals surface area contributed by atoms with Gasteiger partial charge in [-0.05, 0) is 18.9 Å². The molecule has 14 heavy (non-hydrogen) atoms. The van der Waals surface area contributed by atoms with Crippen molar-refractivity contribution in [1.82, 2.24) is 0 Å². The van der Waals surface area contributed by atoms with Gasteiger partial charge in [-0.3, -0.25) is 4.90 Å². The topological polar surface area (TPSA) is 57.5 Å². The number of aromatic nitrogens is 1. The van der Waals surface area contributed by atoms with Crippen LogP contribution in [0, 0.1) is 0 Å². The minimum Gasteiger partial charge on any atom is -0.546 e. The zero-order chi connectivity index (χ0) is 9.97. The average Bonchev–Trinajstić information content (AvgIpc) is 2.67. The van der Waals surface area contributed by atoms with Crippen molar-refractivity contribution in [2.75, 3.05) is 11.4 Å². The quantitative estimate of drug-likeness (QED) is 0.617. The second-order valence-electron chi connectivity index (χ2n) is 3.42. The highest BCUT2D eigenvalue weighted by Gasteiger charge is 2.32. The highest BCUT2D eigenvalue weighted by atomic mass is 16.4. The third-order valence-electron chi connectivity index (χ3n) is 2.53. The van der Waals surface area contributed by atoms with Crippen LogP contribution in [-0.4, -0.2) is 18.6 Å². The molecule has 4 heteroatoms. The molecule has 0 aliphatic carbocycles. The first-order chi connectivity index (χ1) is 6.79. The normalized spacial score (nSPS) is 21.1. The number of H-pyrrole nitrogens is 1. The highest BCUT2D eigenvalue weighted by molar-refractivity contribution is 5.76. The molecule has 74 valence electrons. The molecule has 1 aliphatic rings. The Kier molecular flexibility index (Phi) is 2.35. The highest BCUT2D eigenvalue weighted by Crippen LogP contribution is 2.20. The van der Waals surface area contributed by atoms with Crippen LogP contribution in [-0.2, 0) is 4.79 Å². The number of nitrogens with one attached hydrogen (secondary N) is 1. The molecule has 0 aromatic carbocycles. The second-order valence-corrected chi connectivity index (χ2v) is 3.42. The minimum atomic E-state index is -0.986. The number of hydrogen-bond donors (Lipinski definition) is 0. The van der Waals surface area contributed by atoms with Crippen LogP contribution in [0.15, 0.2) is 24.4 Å². The van der Waals surface area contributed by atoms with Crippen molar-refractivity contribution in [2.24, 2.45) is 0 Å². The summed E-state index contributed by atoms with van der Waals surface area (Å²) in [6.45, 7) is 0.777. The van der Waals surface area contributed by atoms with Gasteiger partial charge in [-0.2, -0.15) is 0 Å². The molecule has 1 aromatic heterocycles. The standard InChI is InChI=1S/C10H12N2O2/c13-10(14)8-4-3-7-12(8)9-5-1-2-6-11-9/h1-2,5-6,8H,3-4,7H2,(H,13,14)/t8-/m0/s1. The maximum Gasteiger partial charge on any atom is 0.274 e. The summed E-state index contributed by atoms with van der Waals surface area (Å²) >= 11 is 0. The molecule has 1 aliphatic heterocycles. The number of nitrogens with zero attached hydrogens (tertiary/aromatic N) is 1. The summed E-state index contributed by atoms with van der Waals surface area (Å²) < 4.78 is 0. The maximum atomic E-state index is 10.8. The Balaban J connectivity index is 2.22. The zero-order valence-electron chi connectivity index (χ0n) is 7.77. The lowest BCUT2D eigenvalue weighted by Crippen LogP contribution is -2.46. The Hall–Kier alpha value is -1.58.